The van der Waals surface area contributed by atoms with E-state index in [1.807, 2.05) is 36.9 Å². The lowest BCUT2D eigenvalue weighted by molar-refractivity contribution is -0.119. The maximum Gasteiger partial charge on any atom is 0.319 e. The van der Waals surface area contributed by atoms with E-state index >= 15 is 0 Å². The first kappa shape index (κ1) is 13.9. The summed E-state index contributed by atoms with van der Waals surface area (Å²) < 4.78 is 0. The van der Waals surface area contributed by atoms with E-state index < -0.39 is 0 Å². The topological polar surface area (TPSA) is 61.4 Å². The number of rotatable bonds is 3. The molecule has 0 bridgehead atoms. The van der Waals surface area contributed by atoms with Crippen LogP contribution in [0.25, 0.3) is 0 Å². The molecule has 1 aromatic rings. The van der Waals surface area contributed by atoms with Gasteiger partial charge in [-0.25, -0.2) is 4.79 Å². The van der Waals surface area contributed by atoms with Crippen molar-refractivity contribution in [2.75, 3.05) is 16.8 Å². The van der Waals surface area contributed by atoms with Gasteiger partial charge < -0.3 is 15.5 Å². The SMILES string of the molecule is CC(C)NC(=O)Nc1ccc2c(c1)N(C(=O)C1CC1)CC2. The molecular formula is C16H21N3O2. The smallest absolute Gasteiger partial charge is 0.319 e. The number of hydrogen-bond acceptors (Lipinski definition) is 2. The molecule has 1 aliphatic carbocycles. The van der Waals surface area contributed by atoms with Gasteiger partial charge in [-0.15, -0.1) is 0 Å². The van der Waals surface area contributed by atoms with Gasteiger partial charge in [-0.1, -0.05) is 6.07 Å². The maximum absolute atomic E-state index is 12.3. The van der Waals surface area contributed by atoms with Crippen LogP contribution < -0.4 is 15.5 Å². The number of fused-ring (bicyclic) bond motifs is 1. The number of hydrogen-bond donors (Lipinski definition) is 2. The zero-order valence-corrected chi connectivity index (χ0v) is 12.5. The summed E-state index contributed by atoms with van der Waals surface area (Å²) in [4.78, 5) is 25.9. The average molecular weight is 287 g/mol. The summed E-state index contributed by atoms with van der Waals surface area (Å²) in [6.45, 7) is 4.59. The first-order chi connectivity index (χ1) is 10.0. The third-order valence-corrected chi connectivity index (χ3v) is 3.85. The highest BCUT2D eigenvalue weighted by Crippen LogP contribution is 2.37. The first-order valence-corrected chi connectivity index (χ1v) is 7.56. The summed E-state index contributed by atoms with van der Waals surface area (Å²) in [5.41, 5.74) is 2.86. The van der Waals surface area contributed by atoms with Gasteiger partial charge in [0.1, 0.15) is 0 Å². The van der Waals surface area contributed by atoms with E-state index in [1.165, 1.54) is 5.56 Å². The number of benzene rings is 1. The fourth-order valence-electron chi connectivity index (χ4n) is 2.67. The molecule has 0 unspecified atom stereocenters. The van der Waals surface area contributed by atoms with Crippen molar-refractivity contribution in [3.63, 3.8) is 0 Å². The molecule has 112 valence electrons. The van der Waals surface area contributed by atoms with Gasteiger partial charge in [0.2, 0.25) is 5.91 Å². The van der Waals surface area contributed by atoms with Crippen LogP contribution in [-0.4, -0.2) is 24.5 Å². The van der Waals surface area contributed by atoms with E-state index in [4.69, 9.17) is 0 Å². The third-order valence-electron chi connectivity index (χ3n) is 3.85. The van der Waals surface area contributed by atoms with Crippen molar-refractivity contribution in [1.82, 2.24) is 5.32 Å². The Hall–Kier alpha value is -2.04. The van der Waals surface area contributed by atoms with Crippen molar-refractivity contribution < 1.29 is 9.59 Å². The lowest BCUT2D eigenvalue weighted by atomic mass is 10.1. The number of nitrogens with zero attached hydrogens (tertiary/aromatic N) is 1. The van der Waals surface area contributed by atoms with E-state index in [0.717, 1.165) is 37.2 Å². The van der Waals surface area contributed by atoms with Crippen LogP contribution in [0.2, 0.25) is 0 Å². The lowest BCUT2D eigenvalue weighted by Gasteiger charge is -2.18. The fraction of sp³-hybridized carbons (Fsp3) is 0.500. The molecule has 0 aromatic heterocycles. The predicted molar refractivity (Wildman–Crippen MR) is 82.5 cm³/mol. The highest BCUT2D eigenvalue weighted by atomic mass is 16.2. The third kappa shape index (κ3) is 3.01. The van der Waals surface area contributed by atoms with Crippen LogP contribution in [0.3, 0.4) is 0 Å². The van der Waals surface area contributed by atoms with E-state index in [0.29, 0.717) is 0 Å². The molecule has 1 aromatic carbocycles. The van der Waals surface area contributed by atoms with Gasteiger partial charge in [0.05, 0.1) is 0 Å². The van der Waals surface area contributed by atoms with Gasteiger partial charge in [-0.2, -0.15) is 0 Å². The lowest BCUT2D eigenvalue weighted by Crippen LogP contribution is -2.34. The fourth-order valence-corrected chi connectivity index (χ4v) is 2.67. The van der Waals surface area contributed by atoms with Gasteiger partial charge in [-0.3, -0.25) is 4.79 Å². The maximum atomic E-state index is 12.3. The summed E-state index contributed by atoms with van der Waals surface area (Å²) in [5, 5.41) is 5.61. The molecule has 0 atom stereocenters. The minimum Gasteiger partial charge on any atom is -0.336 e. The second-order valence-corrected chi connectivity index (χ2v) is 6.11. The van der Waals surface area contributed by atoms with E-state index in [1.54, 1.807) is 0 Å². The van der Waals surface area contributed by atoms with Crippen LogP contribution >= 0.6 is 0 Å². The molecule has 5 heteroatoms. The van der Waals surface area contributed by atoms with Crippen LogP contribution in [0.5, 0.6) is 0 Å². The van der Waals surface area contributed by atoms with Crippen LogP contribution in [-0.2, 0) is 11.2 Å². The van der Waals surface area contributed by atoms with Crippen LogP contribution in [0.1, 0.15) is 32.3 Å². The molecule has 1 aliphatic heterocycles. The number of urea groups is 1. The molecule has 1 saturated carbocycles. The Labute approximate surface area is 124 Å². The molecule has 21 heavy (non-hydrogen) atoms. The summed E-state index contributed by atoms with van der Waals surface area (Å²) in [6.07, 6.45) is 2.92. The molecular weight excluding hydrogens is 266 g/mol. The van der Waals surface area contributed by atoms with Crippen LogP contribution in [0.15, 0.2) is 18.2 Å². The van der Waals surface area contributed by atoms with Gasteiger partial charge in [0.15, 0.2) is 0 Å². The monoisotopic (exact) mass is 287 g/mol. The zero-order chi connectivity index (χ0) is 15.0. The Morgan fingerprint density at radius 2 is 2.05 bits per heavy atom. The molecule has 0 spiro atoms. The van der Waals surface area contributed by atoms with Crippen molar-refractivity contribution in [2.45, 2.75) is 39.2 Å². The summed E-state index contributed by atoms with van der Waals surface area (Å²) in [6, 6.07) is 5.67. The minimum atomic E-state index is -0.219. The Bertz CT molecular complexity index is 579. The van der Waals surface area contributed by atoms with Crippen molar-refractivity contribution in [3.8, 4) is 0 Å². The van der Waals surface area contributed by atoms with Crippen LogP contribution in [0, 0.1) is 5.92 Å². The van der Waals surface area contributed by atoms with Crippen molar-refractivity contribution in [1.29, 1.82) is 0 Å². The average Bonchev–Trinajstić information content (AvgIpc) is 3.17. The molecule has 1 fully saturated rings. The van der Waals surface area contributed by atoms with Crippen molar-refractivity contribution in [2.24, 2.45) is 5.92 Å². The molecule has 5 nitrogen and oxygen atoms in total. The number of carbonyl (C=O) groups is 2. The van der Waals surface area contributed by atoms with Crippen molar-refractivity contribution in [3.05, 3.63) is 23.8 Å². The quantitative estimate of drug-likeness (QED) is 0.897. The first-order valence-electron chi connectivity index (χ1n) is 7.56. The zero-order valence-electron chi connectivity index (χ0n) is 12.5. The molecule has 0 radical (unpaired) electrons. The molecule has 0 saturated heterocycles. The van der Waals surface area contributed by atoms with Gasteiger partial charge in [0, 0.05) is 29.9 Å². The van der Waals surface area contributed by atoms with E-state index in [-0.39, 0.29) is 23.9 Å². The van der Waals surface area contributed by atoms with Crippen molar-refractivity contribution >= 4 is 23.3 Å². The van der Waals surface area contributed by atoms with E-state index in [2.05, 4.69) is 10.6 Å². The Morgan fingerprint density at radius 3 is 2.71 bits per heavy atom. The number of nitrogens with one attached hydrogen (secondary N) is 2. The highest BCUT2D eigenvalue weighted by Gasteiger charge is 2.36. The molecule has 3 rings (SSSR count). The Balaban J connectivity index is 1.75. The summed E-state index contributed by atoms with van der Waals surface area (Å²) in [7, 11) is 0. The summed E-state index contributed by atoms with van der Waals surface area (Å²) >= 11 is 0. The largest absolute Gasteiger partial charge is 0.336 e. The van der Waals surface area contributed by atoms with Gasteiger partial charge in [-0.05, 0) is 50.8 Å². The standard InChI is InChI=1S/C16H21N3O2/c1-10(2)17-16(21)18-13-6-5-11-7-8-19(14(11)9-13)15(20)12-3-4-12/h5-6,9-10,12H,3-4,7-8H2,1-2H3,(H2,17,18,21). The van der Waals surface area contributed by atoms with Gasteiger partial charge >= 0.3 is 6.03 Å². The normalized spacial score (nSPS) is 16.8. The van der Waals surface area contributed by atoms with E-state index in [9.17, 15) is 9.59 Å². The second kappa shape index (κ2) is 5.39. The molecule has 1 heterocycles. The number of carbonyl (C=O) groups excluding carboxylic acids is 2. The molecule has 3 amide bonds. The predicted octanol–water partition coefficient (Wildman–Crippen LogP) is 2.52. The molecule has 2 N–H and O–H groups in total. The minimum absolute atomic E-state index is 0.0902. The van der Waals surface area contributed by atoms with Crippen LogP contribution in [0.4, 0.5) is 16.2 Å². The summed E-state index contributed by atoms with van der Waals surface area (Å²) in [5.74, 6) is 0.453. The Kier molecular flexibility index (Phi) is 3.57. The molecule has 2 aliphatic rings. The van der Waals surface area contributed by atoms with Gasteiger partial charge in [0.25, 0.3) is 0 Å². The second-order valence-electron chi connectivity index (χ2n) is 6.11. The Morgan fingerprint density at radius 1 is 1.29 bits per heavy atom. The number of anilines is 2. The highest BCUT2D eigenvalue weighted by molar-refractivity contribution is 5.99. The number of amides is 3.